The molecule has 1 atom stereocenters. The number of hydrogen-bond donors (Lipinski definition) is 1. The Morgan fingerprint density at radius 3 is 2.94 bits per heavy atom. The zero-order valence-corrected chi connectivity index (χ0v) is 12.5. The molecule has 1 aliphatic heterocycles. The van der Waals surface area contributed by atoms with E-state index < -0.39 is 0 Å². The summed E-state index contributed by atoms with van der Waals surface area (Å²) in [5, 5.41) is 3.63. The summed E-state index contributed by atoms with van der Waals surface area (Å²) in [6, 6.07) is 8.81. The summed E-state index contributed by atoms with van der Waals surface area (Å²) < 4.78 is 0.339. The van der Waals surface area contributed by atoms with Crippen molar-refractivity contribution < 1.29 is 0 Å². The average Bonchev–Trinajstić information content (AvgIpc) is 2.73. The molecule has 1 aliphatic rings. The molecule has 0 amide bonds. The highest BCUT2D eigenvalue weighted by atomic mass is 32.2. The van der Waals surface area contributed by atoms with E-state index >= 15 is 0 Å². The van der Waals surface area contributed by atoms with Gasteiger partial charge < -0.3 is 5.32 Å². The van der Waals surface area contributed by atoms with Crippen molar-refractivity contribution in [1.29, 1.82) is 0 Å². The highest BCUT2D eigenvalue weighted by Crippen LogP contribution is 2.38. The predicted molar refractivity (Wildman–Crippen MR) is 80.4 cm³/mol. The van der Waals surface area contributed by atoms with E-state index in [0.717, 1.165) is 13.1 Å². The van der Waals surface area contributed by atoms with E-state index in [2.05, 4.69) is 49.7 Å². The molecule has 1 heterocycles. The summed E-state index contributed by atoms with van der Waals surface area (Å²) in [6.45, 7) is 6.77. The van der Waals surface area contributed by atoms with Gasteiger partial charge in [-0.3, -0.25) is 0 Å². The molecule has 0 saturated carbocycles. The van der Waals surface area contributed by atoms with E-state index in [1.54, 1.807) is 0 Å². The lowest BCUT2D eigenvalue weighted by Crippen LogP contribution is -2.34. The summed E-state index contributed by atoms with van der Waals surface area (Å²) >= 11 is 3.92. The maximum absolute atomic E-state index is 3.63. The van der Waals surface area contributed by atoms with E-state index in [9.17, 15) is 0 Å². The quantitative estimate of drug-likeness (QED) is 0.875. The van der Waals surface area contributed by atoms with Crippen molar-refractivity contribution in [3.05, 3.63) is 29.8 Å². The van der Waals surface area contributed by atoms with Crippen molar-refractivity contribution in [3.8, 4) is 0 Å². The zero-order chi connectivity index (χ0) is 12.3. The van der Waals surface area contributed by atoms with Gasteiger partial charge in [0.25, 0.3) is 0 Å². The van der Waals surface area contributed by atoms with Crippen LogP contribution in [0.25, 0.3) is 0 Å². The van der Waals surface area contributed by atoms with Crippen LogP contribution < -0.4 is 5.32 Å². The van der Waals surface area contributed by atoms with Gasteiger partial charge in [0.15, 0.2) is 0 Å². The highest BCUT2D eigenvalue weighted by molar-refractivity contribution is 8.00. The van der Waals surface area contributed by atoms with Crippen LogP contribution in [0.5, 0.6) is 0 Å². The molecule has 0 aliphatic carbocycles. The predicted octanol–water partition coefficient (Wildman–Crippen LogP) is 3.61. The number of rotatable bonds is 5. The Hall–Kier alpha value is -0.120. The number of nitrogens with one attached hydrogen (secondary N) is 1. The molecule has 0 spiro atoms. The number of benzene rings is 1. The summed E-state index contributed by atoms with van der Waals surface area (Å²) in [4.78, 5) is 1.48. The second kappa shape index (κ2) is 5.68. The molecule has 0 saturated heterocycles. The molecular weight excluding hydrogens is 246 g/mol. The second-order valence-corrected chi connectivity index (χ2v) is 7.72. The molecule has 3 heteroatoms. The SMILES string of the molecule is CSC(C)(C)CNCC1CSc2ccccc21. The Morgan fingerprint density at radius 2 is 2.18 bits per heavy atom. The standard InChI is InChI=1S/C14H21NS2/c1-14(2,16-3)10-15-8-11-9-17-13-7-5-4-6-12(11)13/h4-7,11,15H,8-10H2,1-3H3. The lowest BCUT2D eigenvalue weighted by molar-refractivity contribution is 0.561. The van der Waals surface area contributed by atoms with E-state index in [4.69, 9.17) is 0 Å². The summed E-state index contributed by atoms with van der Waals surface area (Å²) in [5.41, 5.74) is 1.53. The fourth-order valence-electron chi connectivity index (χ4n) is 2.02. The van der Waals surface area contributed by atoms with Crippen molar-refractivity contribution in [3.63, 3.8) is 0 Å². The molecule has 0 radical (unpaired) electrons. The topological polar surface area (TPSA) is 12.0 Å². The van der Waals surface area contributed by atoms with E-state index in [1.807, 2.05) is 23.5 Å². The summed E-state index contributed by atoms with van der Waals surface area (Å²) in [7, 11) is 0. The van der Waals surface area contributed by atoms with Crippen LogP contribution in [-0.4, -0.2) is 29.8 Å². The monoisotopic (exact) mass is 267 g/mol. The van der Waals surface area contributed by atoms with Gasteiger partial charge in [-0.05, 0) is 31.7 Å². The van der Waals surface area contributed by atoms with Crippen molar-refractivity contribution in [1.82, 2.24) is 5.32 Å². The first kappa shape index (κ1) is 13.3. The van der Waals surface area contributed by atoms with Gasteiger partial charge in [0.1, 0.15) is 0 Å². The van der Waals surface area contributed by atoms with Gasteiger partial charge >= 0.3 is 0 Å². The van der Waals surface area contributed by atoms with Crippen molar-refractivity contribution in [2.75, 3.05) is 25.1 Å². The molecule has 1 aromatic carbocycles. The molecule has 17 heavy (non-hydrogen) atoms. The largest absolute Gasteiger partial charge is 0.315 e. The van der Waals surface area contributed by atoms with Crippen molar-refractivity contribution in [2.45, 2.75) is 29.4 Å². The third-order valence-electron chi connectivity index (χ3n) is 3.29. The first-order valence-corrected chi connectivity index (χ1v) is 8.31. The molecular formula is C14H21NS2. The third-order valence-corrected chi connectivity index (χ3v) is 5.79. The van der Waals surface area contributed by atoms with Crippen LogP contribution in [-0.2, 0) is 0 Å². The Balaban J connectivity index is 1.86. The van der Waals surface area contributed by atoms with Gasteiger partial charge in [-0.15, -0.1) is 11.8 Å². The smallest absolute Gasteiger partial charge is 0.0225 e. The van der Waals surface area contributed by atoms with E-state index in [0.29, 0.717) is 10.7 Å². The summed E-state index contributed by atoms with van der Waals surface area (Å²) in [5.74, 6) is 1.92. The number of hydrogen-bond acceptors (Lipinski definition) is 3. The zero-order valence-electron chi connectivity index (χ0n) is 10.8. The molecule has 94 valence electrons. The molecule has 1 N–H and O–H groups in total. The van der Waals surface area contributed by atoms with Crippen LogP contribution in [0, 0.1) is 0 Å². The van der Waals surface area contributed by atoms with Gasteiger partial charge in [0.05, 0.1) is 0 Å². The minimum absolute atomic E-state index is 0.339. The summed E-state index contributed by atoms with van der Waals surface area (Å²) in [6.07, 6.45) is 2.18. The average molecular weight is 267 g/mol. The molecule has 0 fully saturated rings. The van der Waals surface area contributed by atoms with Gasteiger partial charge in [-0.2, -0.15) is 11.8 Å². The molecule has 2 rings (SSSR count). The lowest BCUT2D eigenvalue weighted by Gasteiger charge is -2.23. The molecule has 0 aromatic heterocycles. The molecule has 1 aromatic rings. The van der Waals surface area contributed by atoms with E-state index in [1.165, 1.54) is 16.2 Å². The highest BCUT2D eigenvalue weighted by Gasteiger charge is 2.23. The molecule has 0 bridgehead atoms. The Morgan fingerprint density at radius 1 is 1.41 bits per heavy atom. The fourth-order valence-corrected chi connectivity index (χ4v) is 3.52. The maximum Gasteiger partial charge on any atom is 0.0225 e. The first-order chi connectivity index (χ1) is 8.12. The Kier molecular flexibility index (Phi) is 4.45. The number of fused-ring (bicyclic) bond motifs is 1. The van der Waals surface area contributed by atoms with Gasteiger partial charge in [-0.25, -0.2) is 0 Å². The second-order valence-electron chi connectivity index (χ2n) is 5.14. The molecule has 1 nitrogen and oxygen atoms in total. The number of thioether (sulfide) groups is 2. The Labute approximate surface area is 113 Å². The lowest BCUT2D eigenvalue weighted by atomic mass is 10.0. The Bertz CT molecular complexity index is 376. The minimum atomic E-state index is 0.339. The van der Waals surface area contributed by atoms with Gasteiger partial charge in [-0.1, -0.05) is 18.2 Å². The van der Waals surface area contributed by atoms with Crippen LogP contribution in [0.3, 0.4) is 0 Å². The van der Waals surface area contributed by atoms with Gasteiger partial charge in [0.2, 0.25) is 0 Å². The van der Waals surface area contributed by atoms with Crippen molar-refractivity contribution in [2.24, 2.45) is 0 Å². The van der Waals surface area contributed by atoms with Gasteiger partial charge in [0, 0.05) is 34.4 Å². The normalized spacial score (nSPS) is 19.4. The van der Waals surface area contributed by atoms with Crippen LogP contribution in [0.1, 0.15) is 25.3 Å². The van der Waals surface area contributed by atoms with Crippen LogP contribution in [0.2, 0.25) is 0 Å². The first-order valence-electron chi connectivity index (χ1n) is 6.10. The van der Waals surface area contributed by atoms with E-state index in [-0.39, 0.29) is 0 Å². The van der Waals surface area contributed by atoms with Crippen LogP contribution >= 0.6 is 23.5 Å². The molecule has 1 unspecified atom stereocenters. The fraction of sp³-hybridized carbons (Fsp3) is 0.571. The van der Waals surface area contributed by atoms with Crippen molar-refractivity contribution >= 4 is 23.5 Å². The minimum Gasteiger partial charge on any atom is -0.315 e. The third kappa shape index (κ3) is 3.43. The maximum atomic E-state index is 3.63. The van der Waals surface area contributed by atoms with Crippen LogP contribution in [0.15, 0.2) is 29.2 Å². The van der Waals surface area contributed by atoms with Crippen LogP contribution in [0.4, 0.5) is 0 Å².